The number of nitrogens with two attached hydrogens (primary N) is 1. The topological polar surface area (TPSA) is 131 Å². The van der Waals surface area contributed by atoms with E-state index in [0.29, 0.717) is 30.5 Å². The minimum absolute atomic E-state index is 0.0614. The summed E-state index contributed by atoms with van der Waals surface area (Å²) in [6, 6.07) is 13.5. The van der Waals surface area contributed by atoms with Crippen LogP contribution in [0.4, 0.5) is 0 Å². The van der Waals surface area contributed by atoms with E-state index in [-0.39, 0.29) is 12.5 Å². The van der Waals surface area contributed by atoms with Gasteiger partial charge in [0.2, 0.25) is 11.8 Å². The van der Waals surface area contributed by atoms with Gasteiger partial charge in [0.25, 0.3) is 0 Å². The number of oxazole rings is 1. The van der Waals surface area contributed by atoms with Crippen LogP contribution in [-0.2, 0) is 22.7 Å². The number of aryl methyl sites for hydroxylation is 3. The van der Waals surface area contributed by atoms with Gasteiger partial charge in [0, 0.05) is 18.7 Å². The van der Waals surface area contributed by atoms with Gasteiger partial charge in [-0.05, 0) is 63.4 Å². The maximum absolute atomic E-state index is 12.1. The Morgan fingerprint density at radius 2 is 1.74 bits per heavy atom. The molecule has 0 aliphatic carbocycles. The average molecular weight is 481 g/mol. The number of nitrogens with one attached hydrogen (secondary N) is 1. The van der Waals surface area contributed by atoms with Crippen LogP contribution >= 0.6 is 0 Å². The van der Waals surface area contributed by atoms with Gasteiger partial charge in [-0.15, -0.1) is 0 Å². The Morgan fingerprint density at radius 3 is 2.31 bits per heavy atom. The van der Waals surface area contributed by atoms with Crippen LogP contribution in [0.2, 0.25) is 0 Å². The normalized spacial score (nSPS) is 11.5. The van der Waals surface area contributed by atoms with Crippen LogP contribution in [-0.4, -0.2) is 39.0 Å². The number of carboxylic acid groups (broad SMARTS) is 1. The van der Waals surface area contributed by atoms with Crippen LogP contribution in [0.5, 0.6) is 5.75 Å². The van der Waals surface area contributed by atoms with Crippen molar-refractivity contribution in [3.8, 4) is 17.2 Å². The van der Waals surface area contributed by atoms with Crippen molar-refractivity contribution in [1.82, 2.24) is 15.3 Å². The van der Waals surface area contributed by atoms with E-state index in [1.165, 1.54) is 13.8 Å². The minimum Gasteiger partial charge on any atom is -0.478 e. The largest absolute Gasteiger partial charge is 0.478 e. The molecule has 0 bridgehead atoms. The molecule has 4 N–H and O–H groups in total. The summed E-state index contributed by atoms with van der Waals surface area (Å²) in [5, 5.41) is 9.41. The lowest BCUT2D eigenvalue weighted by Gasteiger charge is -2.25. The number of hydrazine groups is 1. The number of carbonyl (C=O) groups is 2. The zero-order chi connectivity index (χ0) is 25.8. The fraction of sp³-hybridized carbons (Fsp3) is 0.346. The molecule has 1 heterocycles. The number of carboxylic acids is 1. The maximum Gasteiger partial charge on any atom is 0.347 e. The highest BCUT2D eigenvalue weighted by Crippen LogP contribution is 2.30. The van der Waals surface area contributed by atoms with Crippen molar-refractivity contribution in [2.24, 2.45) is 5.84 Å². The molecule has 0 spiro atoms. The quantitative estimate of drug-likeness (QED) is 0.228. The molecule has 0 saturated carbocycles. The van der Waals surface area contributed by atoms with Gasteiger partial charge < -0.3 is 14.3 Å². The van der Waals surface area contributed by atoms with Gasteiger partial charge in [-0.2, -0.15) is 0 Å². The van der Waals surface area contributed by atoms with E-state index in [1.807, 2.05) is 68.1 Å². The number of nitrogens with zero attached hydrogens (tertiary/aromatic N) is 2. The van der Waals surface area contributed by atoms with Gasteiger partial charge in [0.15, 0.2) is 5.60 Å². The molecule has 1 amide bonds. The Bertz CT molecular complexity index is 1180. The molecule has 9 nitrogen and oxygen atoms in total. The van der Waals surface area contributed by atoms with Crippen molar-refractivity contribution < 1.29 is 23.8 Å². The summed E-state index contributed by atoms with van der Waals surface area (Å²) >= 11 is 0. The lowest BCUT2D eigenvalue weighted by atomic mass is 10.0. The molecule has 0 unspecified atom stereocenters. The maximum atomic E-state index is 12.1. The van der Waals surface area contributed by atoms with Crippen molar-refractivity contribution in [1.29, 1.82) is 0 Å². The van der Waals surface area contributed by atoms with E-state index in [2.05, 4.69) is 10.4 Å². The number of ether oxygens (including phenoxy) is 1. The molecule has 3 rings (SSSR count). The third-order valence-electron chi connectivity index (χ3n) is 5.61. The number of aliphatic carboxylic acids is 1. The molecular weight excluding hydrogens is 448 g/mol. The van der Waals surface area contributed by atoms with Crippen molar-refractivity contribution in [3.63, 3.8) is 0 Å². The predicted octanol–water partition coefficient (Wildman–Crippen LogP) is 3.50. The molecular formula is C26H32N4O5. The Hall–Kier alpha value is -3.69. The van der Waals surface area contributed by atoms with E-state index in [4.69, 9.17) is 15.0 Å². The van der Waals surface area contributed by atoms with Crippen LogP contribution in [0.25, 0.3) is 11.5 Å². The summed E-state index contributed by atoms with van der Waals surface area (Å²) < 4.78 is 11.7. The molecule has 9 heteroatoms. The number of hydrogen-bond acceptors (Lipinski definition) is 7. The second-order valence-corrected chi connectivity index (χ2v) is 9.08. The van der Waals surface area contributed by atoms with E-state index in [9.17, 15) is 14.7 Å². The van der Waals surface area contributed by atoms with E-state index in [1.54, 1.807) is 0 Å². The van der Waals surface area contributed by atoms with Gasteiger partial charge in [-0.1, -0.05) is 30.3 Å². The molecule has 1 aromatic heterocycles. The number of rotatable bonds is 10. The molecule has 2 aromatic carbocycles. The monoisotopic (exact) mass is 480 g/mol. The molecule has 186 valence electrons. The zero-order valence-electron chi connectivity index (χ0n) is 20.7. The van der Waals surface area contributed by atoms with Crippen molar-refractivity contribution >= 4 is 11.9 Å². The van der Waals surface area contributed by atoms with Crippen LogP contribution < -0.4 is 16.0 Å². The number of amides is 1. The van der Waals surface area contributed by atoms with Crippen LogP contribution in [0.15, 0.2) is 46.9 Å². The van der Waals surface area contributed by atoms with Gasteiger partial charge >= 0.3 is 5.97 Å². The molecule has 0 atom stereocenters. The first kappa shape index (κ1) is 25.9. The average Bonchev–Trinajstić information content (AvgIpc) is 3.16. The summed E-state index contributed by atoms with van der Waals surface area (Å²) in [5.74, 6) is 5.70. The first-order chi connectivity index (χ1) is 16.5. The molecule has 0 aliphatic heterocycles. The molecule has 0 radical (unpaired) electrons. The third-order valence-corrected chi connectivity index (χ3v) is 5.61. The van der Waals surface area contributed by atoms with Crippen molar-refractivity contribution in [3.05, 3.63) is 70.6 Å². The fourth-order valence-corrected chi connectivity index (χ4v) is 3.76. The second kappa shape index (κ2) is 10.7. The molecule has 0 fully saturated rings. The predicted molar refractivity (Wildman–Crippen MR) is 131 cm³/mol. The SMILES string of the molecule is Cc1cc(CN(CC(=O)NN)Cc2nc(-c3ccccc3)oc2C)cc(C)c1OC(C)(C)C(=O)O. The number of benzene rings is 2. The summed E-state index contributed by atoms with van der Waals surface area (Å²) in [6.07, 6.45) is 0. The van der Waals surface area contributed by atoms with Crippen LogP contribution in [0, 0.1) is 20.8 Å². The highest BCUT2D eigenvalue weighted by molar-refractivity contribution is 5.77. The van der Waals surface area contributed by atoms with Crippen LogP contribution in [0.3, 0.4) is 0 Å². The standard InChI is InChI=1S/C26H32N4O5/c1-16-11-19(12-17(2)23(16)35-26(4,5)25(32)33)13-30(15-22(31)29-27)14-21-18(3)34-24(28-21)20-9-7-6-8-10-20/h6-12H,13-15,27H2,1-5H3,(H,29,31)(H,32,33). The number of carbonyl (C=O) groups excluding carboxylic acids is 1. The van der Waals surface area contributed by atoms with Gasteiger partial charge in [0.1, 0.15) is 11.5 Å². The Morgan fingerprint density at radius 1 is 1.11 bits per heavy atom. The summed E-state index contributed by atoms with van der Waals surface area (Å²) in [7, 11) is 0. The second-order valence-electron chi connectivity index (χ2n) is 9.08. The van der Waals surface area contributed by atoms with Gasteiger partial charge in [0.05, 0.1) is 12.2 Å². The Kier molecular flexibility index (Phi) is 7.93. The van der Waals surface area contributed by atoms with Crippen molar-refractivity contribution in [2.75, 3.05) is 6.54 Å². The molecule has 0 saturated heterocycles. The van der Waals surface area contributed by atoms with Crippen molar-refractivity contribution in [2.45, 2.75) is 53.3 Å². The first-order valence-corrected chi connectivity index (χ1v) is 11.3. The lowest BCUT2D eigenvalue weighted by Crippen LogP contribution is -2.40. The molecule has 0 aliphatic rings. The molecule has 3 aromatic rings. The third kappa shape index (κ3) is 6.46. The highest BCUT2D eigenvalue weighted by Gasteiger charge is 2.30. The van der Waals surface area contributed by atoms with E-state index in [0.717, 1.165) is 27.9 Å². The Labute approximate surface area is 204 Å². The zero-order valence-corrected chi connectivity index (χ0v) is 20.7. The summed E-state index contributed by atoms with van der Waals surface area (Å²) in [6.45, 7) is 9.48. The van der Waals surface area contributed by atoms with E-state index < -0.39 is 11.6 Å². The smallest absolute Gasteiger partial charge is 0.347 e. The number of hydrogen-bond donors (Lipinski definition) is 3. The lowest BCUT2D eigenvalue weighted by molar-refractivity contribution is -0.152. The summed E-state index contributed by atoms with van der Waals surface area (Å²) in [4.78, 5) is 30.2. The van der Waals surface area contributed by atoms with Crippen LogP contribution in [0.1, 0.15) is 42.0 Å². The fourth-order valence-electron chi connectivity index (χ4n) is 3.76. The minimum atomic E-state index is -1.36. The van der Waals surface area contributed by atoms with E-state index >= 15 is 0 Å². The number of aromatic nitrogens is 1. The van der Waals surface area contributed by atoms with Gasteiger partial charge in [-0.25, -0.2) is 15.6 Å². The molecule has 35 heavy (non-hydrogen) atoms. The summed E-state index contributed by atoms with van der Waals surface area (Å²) in [5.41, 5.74) is 4.98. The highest BCUT2D eigenvalue weighted by atomic mass is 16.5. The first-order valence-electron chi connectivity index (χ1n) is 11.3. The van der Waals surface area contributed by atoms with Gasteiger partial charge in [-0.3, -0.25) is 15.1 Å². The Balaban J connectivity index is 1.85.